The second-order valence-electron chi connectivity index (χ2n) is 4.89. The maximum absolute atomic E-state index is 11.9. The average Bonchev–Trinajstić information content (AvgIpc) is 2.46. The van der Waals surface area contributed by atoms with Gasteiger partial charge in [-0.1, -0.05) is 15.9 Å². The fraction of sp³-hybridized carbons (Fsp3) is 0.429. The van der Waals surface area contributed by atoms with E-state index in [-0.39, 0.29) is 17.3 Å². The van der Waals surface area contributed by atoms with Crippen molar-refractivity contribution in [2.24, 2.45) is 5.92 Å². The first-order chi connectivity index (χ1) is 10.1. The Kier molecular flexibility index (Phi) is 5.93. The lowest BCUT2D eigenvalue weighted by Crippen LogP contribution is -2.34. The van der Waals surface area contributed by atoms with E-state index in [2.05, 4.69) is 26.6 Å². The fourth-order valence-electron chi connectivity index (χ4n) is 2.16. The third kappa shape index (κ3) is 4.93. The molecule has 1 heterocycles. The van der Waals surface area contributed by atoms with Crippen LogP contribution in [0.15, 0.2) is 22.7 Å². The number of nitrogens with one attached hydrogen (secondary N) is 2. The fourth-order valence-corrected chi connectivity index (χ4v) is 3.73. The SMILES string of the molecule is O=C(NCC1CCSCC1)Nc1cc(Br)ccc1C(=O)O. The molecule has 0 atom stereocenters. The summed E-state index contributed by atoms with van der Waals surface area (Å²) in [6.07, 6.45) is 2.23. The molecule has 1 aliphatic rings. The molecule has 21 heavy (non-hydrogen) atoms. The molecule has 1 aromatic carbocycles. The number of carbonyl (C=O) groups excluding carboxylic acids is 1. The quantitative estimate of drug-likeness (QED) is 0.756. The van der Waals surface area contributed by atoms with E-state index in [1.807, 2.05) is 11.8 Å². The van der Waals surface area contributed by atoms with Gasteiger partial charge in [0.1, 0.15) is 0 Å². The van der Waals surface area contributed by atoms with Crippen molar-refractivity contribution < 1.29 is 14.7 Å². The van der Waals surface area contributed by atoms with Crippen LogP contribution >= 0.6 is 27.7 Å². The third-order valence-electron chi connectivity index (χ3n) is 3.35. The molecule has 1 fully saturated rings. The normalized spacial score (nSPS) is 15.5. The smallest absolute Gasteiger partial charge is 0.337 e. The zero-order valence-electron chi connectivity index (χ0n) is 11.4. The van der Waals surface area contributed by atoms with Gasteiger partial charge >= 0.3 is 12.0 Å². The van der Waals surface area contributed by atoms with Crippen molar-refractivity contribution >= 4 is 45.4 Å². The Labute approximate surface area is 136 Å². The Morgan fingerprint density at radius 1 is 1.33 bits per heavy atom. The van der Waals surface area contributed by atoms with Crippen LogP contribution in [0.4, 0.5) is 10.5 Å². The molecule has 114 valence electrons. The highest BCUT2D eigenvalue weighted by molar-refractivity contribution is 9.10. The molecule has 1 aromatic rings. The third-order valence-corrected chi connectivity index (χ3v) is 4.89. The van der Waals surface area contributed by atoms with Crippen LogP contribution in [0.25, 0.3) is 0 Å². The van der Waals surface area contributed by atoms with E-state index in [4.69, 9.17) is 5.11 Å². The zero-order valence-corrected chi connectivity index (χ0v) is 13.8. The van der Waals surface area contributed by atoms with Crippen LogP contribution in [-0.2, 0) is 0 Å². The lowest BCUT2D eigenvalue weighted by molar-refractivity contribution is 0.0698. The highest BCUT2D eigenvalue weighted by Crippen LogP contribution is 2.23. The molecular weight excluding hydrogens is 356 g/mol. The number of urea groups is 1. The molecule has 7 heteroatoms. The standard InChI is InChI=1S/C14H17BrN2O3S/c15-10-1-2-11(13(18)19)12(7-10)17-14(20)16-8-9-3-5-21-6-4-9/h1-2,7,9H,3-6,8H2,(H,18,19)(H2,16,17,20). The van der Waals surface area contributed by atoms with Crippen LogP contribution in [0, 0.1) is 5.92 Å². The number of halogens is 1. The molecule has 0 bridgehead atoms. The van der Waals surface area contributed by atoms with Gasteiger partial charge in [-0.05, 0) is 48.5 Å². The summed E-state index contributed by atoms with van der Waals surface area (Å²) in [7, 11) is 0. The predicted octanol–water partition coefficient (Wildman–Crippen LogP) is 3.41. The van der Waals surface area contributed by atoms with Crippen molar-refractivity contribution in [1.29, 1.82) is 0 Å². The zero-order chi connectivity index (χ0) is 15.2. The molecule has 3 N–H and O–H groups in total. The number of anilines is 1. The predicted molar refractivity (Wildman–Crippen MR) is 88.2 cm³/mol. The Morgan fingerprint density at radius 2 is 2.05 bits per heavy atom. The van der Waals surface area contributed by atoms with Crippen LogP contribution in [0.5, 0.6) is 0 Å². The van der Waals surface area contributed by atoms with Gasteiger partial charge in [0.05, 0.1) is 11.3 Å². The van der Waals surface area contributed by atoms with Gasteiger partial charge in [0.2, 0.25) is 0 Å². The minimum Gasteiger partial charge on any atom is -0.478 e. The summed E-state index contributed by atoms with van der Waals surface area (Å²) in [5.74, 6) is 1.73. The number of rotatable bonds is 4. The van der Waals surface area contributed by atoms with Gasteiger partial charge in [-0.3, -0.25) is 0 Å². The van der Waals surface area contributed by atoms with Crippen molar-refractivity contribution in [3.63, 3.8) is 0 Å². The molecule has 0 aromatic heterocycles. The summed E-state index contributed by atoms with van der Waals surface area (Å²) < 4.78 is 0.715. The van der Waals surface area contributed by atoms with Crippen molar-refractivity contribution in [3.05, 3.63) is 28.2 Å². The van der Waals surface area contributed by atoms with Gasteiger partial charge in [0, 0.05) is 11.0 Å². The highest BCUT2D eigenvalue weighted by atomic mass is 79.9. The van der Waals surface area contributed by atoms with Crippen LogP contribution in [-0.4, -0.2) is 35.2 Å². The van der Waals surface area contributed by atoms with Gasteiger partial charge in [-0.15, -0.1) is 0 Å². The van der Waals surface area contributed by atoms with Crippen LogP contribution in [0.3, 0.4) is 0 Å². The molecule has 0 aliphatic carbocycles. The van der Waals surface area contributed by atoms with Gasteiger partial charge < -0.3 is 15.7 Å². The number of carboxylic acids is 1. The summed E-state index contributed by atoms with van der Waals surface area (Å²) in [6.45, 7) is 0.628. The first-order valence-electron chi connectivity index (χ1n) is 6.71. The van der Waals surface area contributed by atoms with Crippen molar-refractivity contribution in [2.75, 3.05) is 23.4 Å². The van der Waals surface area contributed by atoms with E-state index in [1.165, 1.54) is 6.07 Å². The number of carbonyl (C=O) groups is 2. The molecule has 1 saturated heterocycles. The Bertz CT molecular complexity index is 533. The summed E-state index contributed by atoms with van der Waals surface area (Å²) in [5, 5.41) is 14.5. The number of aromatic carboxylic acids is 1. The summed E-state index contributed by atoms with van der Waals surface area (Å²) in [4.78, 5) is 23.0. The Balaban J connectivity index is 1.92. The summed E-state index contributed by atoms with van der Waals surface area (Å²) >= 11 is 5.21. The van der Waals surface area contributed by atoms with E-state index >= 15 is 0 Å². The van der Waals surface area contributed by atoms with Gasteiger partial charge in [0.25, 0.3) is 0 Å². The molecular formula is C14H17BrN2O3S. The number of hydrogen-bond acceptors (Lipinski definition) is 3. The van der Waals surface area contributed by atoms with E-state index in [1.54, 1.807) is 12.1 Å². The number of amides is 2. The summed E-state index contributed by atoms with van der Waals surface area (Å²) in [6, 6.07) is 4.31. The number of thioether (sulfide) groups is 1. The average molecular weight is 373 g/mol. The van der Waals surface area contributed by atoms with Gasteiger partial charge in [-0.25, -0.2) is 9.59 Å². The molecule has 5 nitrogen and oxygen atoms in total. The Morgan fingerprint density at radius 3 is 2.71 bits per heavy atom. The van der Waals surface area contributed by atoms with Crippen molar-refractivity contribution in [2.45, 2.75) is 12.8 Å². The molecule has 2 amide bonds. The van der Waals surface area contributed by atoms with Crippen LogP contribution < -0.4 is 10.6 Å². The minimum atomic E-state index is -1.07. The largest absolute Gasteiger partial charge is 0.478 e. The van der Waals surface area contributed by atoms with Crippen LogP contribution in [0.2, 0.25) is 0 Å². The van der Waals surface area contributed by atoms with E-state index < -0.39 is 5.97 Å². The second kappa shape index (κ2) is 7.70. The van der Waals surface area contributed by atoms with Crippen molar-refractivity contribution in [1.82, 2.24) is 5.32 Å². The van der Waals surface area contributed by atoms with Crippen LogP contribution in [0.1, 0.15) is 23.2 Å². The lowest BCUT2D eigenvalue weighted by atomic mass is 10.0. The molecule has 0 radical (unpaired) electrons. The number of carboxylic acid groups (broad SMARTS) is 1. The lowest BCUT2D eigenvalue weighted by Gasteiger charge is -2.21. The highest BCUT2D eigenvalue weighted by Gasteiger charge is 2.16. The molecule has 0 saturated carbocycles. The molecule has 0 unspecified atom stereocenters. The maximum Gasteiger partial charge on any atom is 0.337 e. The topological polar surface area (TPSA) is 78.4 Å². The van der Waals surface area contributed by atoms with Gasteiger partial charge in [0.15, 0.2) is 0 Å². The minimum absolute atomic E-state index is 0.0717. The second-order valence-corrected chi connectivity index (χ2v) is 7.03. The van der Waals surface area contributed by atoms with E-state index in [9.17, 15) is 9.59 Å². The summed E-state index contributed by atoms with van der Waals surface area (Å²) in [5.41, 5.74) is 0.357. The number of hydrogen-bond donors (Lipinski definition) is 3. The first-order valence-corrected chi connectivity index (χ1v) is 8.66. The molecule has 1 aliphatic heterocycles. The molecule has 2 rings (SSSR count). The molecule has 0 spiro atoms. The van der Waals surface area contributed by atoms with Gasteiger partial charge in [-0.2, -0.15) is 11.8 Å². The number of benzene rings is 1. The Hall–Kier alpha value is -1.21. The van der Waals surface area contributed by atoms with Crippen molar-refractivity contribution in [3.8, 4) is 0 Å². The van der Waals surface area contributed by atoms with E-state index in [0.29, 0.717) is 16.9 Å². The van der Waals surface area contributed by atoms with E-state index in [0.717, 1.165) is 24.3 Å². The first kappa shape index (κ1) is 16.2. The maximum atomic E-state index is 11.9. The monoisotopic (exact) mass is 372 g/mol.